The summed E-state index contributed by atoms with van der Waals surface area (Å²) in [6, 6.07) is 3.77. The van der Waals surface area contributed by atoms with E-state index in [1.54, 1.807) is 11.0 Å². The third kappa shape index (κ3) is 4.21. The number of amides is 1. The molecule has 1 atom stereocenters. The number of nitrogens with zero attached hydrogens (tertiary/aromatic N) is 4. The van der Waals surface area contributed by atoms with E-state index in [1.165, 1.54) is 12.8 Å². The van der Waals surface area contributed by atoms with Crippen LogP contribution in [-0.2, 0) is 0 Å². The lowest BCUT2D eigenvalue weighted by molar-refractivity contribution is 0.0701. The zero-order chi connectivity index (χ0) is 13.9. The molecule has 2 aliphatic heterocycles. The first-order valence-electron chi connectivity index (χ1n) is 7.37. The molecular formula is C14H23Cl2N5O. The van der Waals surface area contributed by atoms with Gasteiger partial charge in [-0.1, -0.05) is 0 Å². The molecule has 2 N–H and O–H groups in total. The van der Waals surface area contributed by atoms with Crippen LogP contribution >= 0.6 is 24.8 Å². The minimum absolute atomic E-state index is 0. The van der Waals surface area contributed by atoms with Gasteiger partial charge >= 0.3 is 0 Å². The van der Waals surface area contributed by atoms with Crippen molar-refractivity contribution in [2.75, 3.05) is 31.1 Å². The van der Waals surface area contributed by atoms with Crippen molar-refractivity contribution in [3.05, 3.63) is 17.8 Å². The minimum Gasteiger partial charge on any atom is -0.355 e. The lowest BCUT2D eigenvalue weighted by Gasteiger charge is -2.30. The molecule has 3 heterocycles. The van der Waals surface area contributed by atoms with Gasteiger partial charge in [0.15, 0.2) is 11.5 Å². The Kier molecular flexibility index (Phi) is 7.32. The standard InChI is InChI=1S/C14H21N5O.2ClH/c15-11-4-3-9-19(10-11)14(20)12-5-6-13(17-16-12)18-7-1-2-8-18;;/h5-6,11H,1-4,7-10,15H2;2*1H. The number of nitrogens with two attached hydrogens (primary N) is 1. The predicted octanol–water partition coefficient (Wildman–Crippen LogP) is 1.48. The zero-order valence-corrected chi connectivity index (χ0v) is 14.1. The SMILES string of the molecule is Cl.Cl.NC1CCCN(C(=O)c2ccc(N3CCCC3)nn2)C1. The topological polar surface area (TPSA) is 75.3 Å². The maximum Gasteiger partial charge on any atom is 0.274 e. The van der Waals surface area contributed by atoms with Crippen molar-refractivity contribution >= 4 is 36.5 Å². The number of halogens is 2. The first-order valence-corrected chi connectivity index (χ1v) is 7.37. The van der Waals surface area contributed by atoms with E-state index in [-0.39, 0.29) is 36.8 Å². The number of aromatic nitrogens is 2. The lowest BCUT2D eigenvalue weighted by Crippen LogP contribution is -2.46. The van der Waals surface area contributed by atoms with Crippen molar-refractivity contribution in [2.24, 2.45) is 5.73 Å². The molecule has 1 aromatic rings. The number of rotatable bonds is 2. The smallest absolute Gasteiger partial charge is 0.274 e. The molecule has 0 spiro atoms. The van der Waals surface area contributed by atoms with Gasteiger partial charge in [-0.25, -0.2) is 0 Å². The third-order valence-electron chi connectivity index (χ3n) is 4.04. The van der Waals surface area contributed by atoms with Crippen molar-refractivity contribution < 1.29 is 4.79 Å². The Balaban J connectivity index is 0.00000121. The van der Waals surface area contributed by atoms with Crippen molar-refractivity contribution in [2.45, 2.75) is 31.7 Å². The molecule has 22 heavy (non-hydrogen) atoms. The highest BCUT2D eigenvalue weighted by Crippen LogP contribution is 2.17. The highest BCUT2D eigenvalue weighted by atomic mass is 35.5. The summed E-state index contributed by atoms with van der Waals surface area (Å²) in [5.74, 6) is 0.815. The first-order chi connectivity index (χ1) is 9.74. The molecule has 3 rings (SSSR count). The fourth-order valence-corrected chi connectivity index (χ4v) is 2.91. The summed E-state index contributed by atoms with van der Waals surface area (Å²) >= 11 is 0. The Morgan fingerprint density at radius 1 is 1.09 bits per heavy atom. The van der Waals surface area contributed by atoms with Crippen LogP contribution in [0.25, 0.3) is 0 Å². The maximum absolute atomic E-state index is 12.3. The second-order valence-electron chi connectivity index (χ2n) is 5.62. The number of hydrogen-bond donors (Lipinski definition) is 1. The molecule has 8 heteroatoms. The van der Waals surface area contributed by atoms with Crippen LogP contribution in [0.1, 0.15) is 36.2 Å². The fraction of sp³-hybridized carbons (Fsp3) is 0.643. The number of anilines is 1. The molecular weight excluding hydrogens is 325 g/mol. The Morgan fingerprint density at radius 3 is 2.41 bits per heavy atom. The average molecular weight is 348 g/mol. The van der Waals surface area contributed by atoms with Crippen LogP contribution in [0.3, 0.4) is 0 Å². The van der Waals surface area contributed by atoms with Crippen LogP contribution in [0.15, 0.2) is 12.1 Å². The van der Waals surface area contributed by atoms with Crippen molar-refractivity contribution in [3.63, 3.8) is 0 Å². The van der Waals surface area contributed by atoms with Crippen LogP contribution in [0.2, 0.25) is 0 Å². The van der Waals surface area contributed by atoms with Gasteiger partial charge in [0, 0.05) is 32.2 Å². The van der Waals surface area contributed by atoms with E-state index >= 15 is 0 Å². The Bertz CT molecular complexity index is 479. The van der Waals surface area contributed by atoms with Crippen LogP contribution < -0.4 is 10.6 Å². The highest BCUT2D eigenvalue weighted by molar-refractivity contribution is 5.92. The van der Waals surface area contributed by atoms with Crippen LogP contribution in [0.4, 0.5) is 5.82 Å². The highest BCUT2D eigenvalue weighted by Gasteiger charge is 2.23. The zero-order valence-electron chi connectivity index (χ0n) is 12.5. The van der Waals surface area contributed by atoms with E-state index in [0.29, 0.717) is 12.2 Å². The van der Waals surface area contributed by atoms with E-state index in [0.717, 1.165) is 38.3 Å². The number of likely N-dealkylation sites (tertiary alicyclic amines) is 1. The van der Waals surface area contributed by atoms with E-state index < -0.39 is 0 Å². The lowest BCUT2D eigenvalue weighted by atomic mass is 10.1. The third-order valence-corrected chi connectivity index (χ3v) is 4.04. The van der Waals surface area contributed by atoms with Gasteiger partial charge in [-0.05, 0) is 37.8 Å². The molecule has 0 bridgehead atoms. The predicted molar refractivity (Wildman–Crippen MR) is 91.1 cm³/mol. The fourth-order valence-electron chi connectivity index (χ4n) is 2.91. The monoisotopic (exact) mass is 347 g/mol. The summed E-state index contributed by atoms with van der Waals surface area (Å²) in [5, 5.41) is 8.29. The molecule has 0 aromatic carbocycles. The van der Waals surface area contributed by atoms with Crippen LogP contribution in [0.5, 0.6) is 0 Å². The number of carbonyl (C=O) groups excluding carboxylic acids is 1. The summed E-state index contributed by atoms with van der Waals surface area (Å²) in [4.78, 5) is 16.3. The normalized spacial score (nSPS) is 21.0. The average Bonchev–Trinajstić information content (AvgIpc) is 3.01. The van der Waals surface area contributed by atoms with E-state index in [2.05, 4.69) is 15.1 Å². The van der Waals surface area contributed by atoms with Crippen LogP contribution in [-0.4, -0.2) is 53.2 Å². The molecule has 6 nitrogen and oxygen atoms in total. The Hall–Kier alpha value is -1.11. The van der Waals surface area contributed by atoms with Crippen molar-refractivity contribution in [3.8, 4) is 0 Å². The molecule has 1 unspecified atom stereocenters. The maximum atomic E-state index is 12.3. The van der Waals surface area contributed by atoms with Crippen molar-refractivity contribution in [1.82, 2.24) is 15.1 Å². The summed E-state index contributed by atoms with van der Waals surface area (Å²) in [6.07, 6.45) is 4.36. The Morgan fingerprint density at radius 2 is 1.82 bits per heavy atom. The molecule has 0 radical (unpaired) electrons. The molecule has 2 fully saturated rings. The summed E-state index contributed by atoms with van der Waals surface area (Å²) in [7, 11) is 0. The number of piperidine rings is 1. The van der Waals surface area contributed by atoms with E-state index in [9.17, 15) is 4.79 Å². The van der Waals surface area contributed by atoms with Gasteiger partial charge in [-0.3, -0.25) is 4.79 Å². The minimum atomic E-state index is -0.0550. The Labute approximate surface area is 143 Å². The summed E-state index contributed by atoms with van der Waals surface area (Å²) in [5.41, 5.74) is 6.33. The quantitative estimate of drug-likeness (QED) is 0.876. The van der Waals surface area contributed by atoms with Gasteiger partial charge in [-0.15, -0.1) is 35.0 Å². The van der Waals surface area contributed by atoms with E-state index in [1.807, 2.05) is 6.07 Å². The van der Waals surface area contributed by atoms with Crippen molar-refractivity contribution in [1.29, 1.82) is 0 Å². The molecule has 2 aliphatic rings. The summed E-state index contributed by atoms with van der Waals surface area (Å²) < 4.78 is 0. The van der Waals surface area contributed by atoms with Gasteiger partial charge < -0.3 is 15.5 Å². The molecule has 0 saturated carbocycles. The molecule has 2 saturated heterocycles. The van der Waals surface area contributed by atoms with Crippen LogP contribution in [0, 0.1) is 0 Å². The van der Waals surface area contributed by atoms with Gasteiger partial charge in [0.1, 0.15) is 0 Å². The number of hydrogen-bond acceptors (Lipinski definition) is 5. The molecule has 0 aliphatic carbocycles. The largest absolute Gasteiger partial charge is 0.355 e. The number of carbonyl (C=O) groups is 1. The molecule has 124 valence electrons. The van der Waals surface area contributed by atoms with Gasteiger partial charge in [-0.2, -0.15) is 0 Å². The summed E-state index contributed by atoms with van der Waals surface area (Å²) in [6.45, 7) is 3.45. The van der Waals surface area contributed by atoms with E-state index in [4.69, 9.17) is 5.73 Å². The van der Waals surface area contributed by atoms with Gasteiger partial charge in [0.25, 0.3) is 5.91 Å². The molecule has 1 amide bonds. The van der Waals surface area contributed by atoms with Gasteiger partial charge in [0.2, 0.25) is 0 Å². The molecule has 1 aromatic heterocycles. The first kappa shape index (κ1) is 18.9. The van der Waals surface area contributed by atoms with Gasteiger partial charge in [0.05, 0.1) is 0 Å². The second-order valence-corrected chi connectivity index (χ2v) is 5.62. The second kappa shape index (κ2) is 8.50.